The van der Waals surface area contributed by atoms with Gasteiger partial charge in [-0.25, -0.2) is 9.59 Å². The molecule has 194 valence electrons. The van der Waals surface area contributed by atoms with Crippen LogP contribution in [0.3, 0.4) is 0 Å². The first-order chi connectivity index (χ1) is 18.1. The van der Waals surface area contributed by atoms with E-state index in [1.807, 2.05) is 0 Å². The molecule has 0 N–H and O–H groups in total. The zero-order valence-electron chi connectivity index (χ0n) is 21.3. The van der Waals surface area contributed by atoms with Gasteiger partial charge in [-0.2, -0.15) is 0 Å². The fourth-order valence-electron chi connectivity index (χ4n) is 3.76. The highest BCUT2D eigenvalue weighted by atomic mass is 16.5. The van der Waals surface area contributed by atoms with Crippen LogP contribution in [0.25, 0.3) is 0 Å². The second-order valence-electron chi connectivity index (χ2n) is 8.84. The molecule has 0 spiro atoms. The molecule has 0 amide bonds. The van der Waals surface area contributed by atoms with Crippen molar-refractivity contribution in [3.8, 4) is 17.2 Å². The first-order valence-electron chi connectivity index (χ1n) is 12.9. The van der Waals surface area contributed by atoms with Crippen molar-refractivity contribution in [2.45, 2.75) is 58.3 Å². The van der Waals surface area contributed by atoms with E-state index in [0.29, 0.717) is 29.8 Å². The quantitative estimate of drug-likeness (QED) is 0.0929. The van der Waals surface area contributed by atoms with E-state index in [0.717, 1.165) is 12.2 Å². The van der Waals surface area contributed by atoms with E-state index in [1.54, 1.807) is 42.5 Å². The van der Waals surface area contributed by atoms with Crippen molar-refractivity contribution in [3.05, 3.63) is 89.5 Å². The zero-order valence-corrected chi connectivity index (χ0v) is 21.3. The fourth-order valence-corrected chi connectivity index (χ4v) is 3.76. The van der Waals surface area contributed by atoms with Gasteiger partial charge in [-0.15, -0.1) is 0 Å². The molecule has 0 fully saturated rings. The van der Waals surface area contributed by atoms with Crippen LogP contribution in [-0.4, -0.2) is 24.8 Å². The van der Waals surface area contributed by atoms with Crippen molar-refractivity contribution in [1.29, 1.82) is 0 Å². The molecule has 3 rings (SSSR count). The average molecular weight is 503 g/mol. The summed E-state index contributed by atoms with van der Waals surface area (Å²) in [6, 6.07) is 19.3. The van der Waals surface area contributed by atoms with Crippen molar-refractivity contribution in [2.75, 3.05) is 6.61 Å². The summed E-state index contributed by atoms with van der Waals surface area (Å²) in [7, 11) is 0. The van der Waals surface area contributed by atoms with E-state index in [9.17, 15) is 14.4 Å². The largest absolute Gasteiger partial charge is 0.494 e. The second kappa shape index (κ2) is 15.2. The lowest BCUT2D eigenvalue weighted by molar-refractivity contribution is 0.0730. The molecule has 0 aromatic heterocycles. The lowest BCUT2D eigenvalue weighted by Gasteiger charge is -2.08. The van der Waals surface area contributed by atoms with Crippen molar-refractivity contribution >= 4 is 18.2 Å². The van der Waals surface area contributed by atoms with Gasteiger partial charge in [-0.1, -0.05) is 64.0 Å². The zero-order chi connectivity index (χ0) is 26.3. The summed E-state index contributed by atoms with van der Waals surface area (Å²) in [5.41, 5.74) is 1.10. The minimum Gasteiger partial charge on any atom is -0.494 e. The molecule has 0 saturated heterocycles. The van der Waals surface area contributed by atoms with Gasteiger partial charge in [0.05, 0.1) is 17.7 Å². The van der Waals surface area contributed by atoms with Crippen LogP contribution >= 0.6 is 0 Å². The number of hydrogen-bond donors (Lipinski definition) is 0. The number of unbranched alkanes of at least 4 members (excludes halogenated alkanes) is 7. The van der Waals surface area contributed by atoms with Crippen LogP contribution in [0.1, 0.15) is 89.4 Å². The van der Waals surface area contributed by atoms with Crippen LogP contribution in [0.5, 0.6) is 17.2 Å². The Balaban J connectivity index is 1.40. The Labute approximate surface area is 218 Å². The number of aldehydes is 1. The Morgan fingerprint density at radius 1 is 0.649 bits per heavy atom. The predicted molar refractivity (Wildman–Crippen MR) is 143 cm³/mol. The lowest BCUT2D eigenvalue weighted by Crippen LogP contribution is -2.10. The van der Waals surface area contributed by atoms with Crippen molar-refractivity contribution in [3.63, 3.8) is 0 Å². The van der Waals surface area contributed by atoms with Gasteiger partial charge in [-0.3, -0.25) is 4.79 Å². The minimum absolute atomic E-state index is 0.273. The third kappa shape index (κ3) is 9.56. The summed E-state index contributed by atoms with van der Waals surface area (Å²) in [6.07, 6.45) is 10.7. The molecule has 0 unspecified atom stereocenters. The molecule has 3 aromatic rings. The molecule has 6 nitrogen and oxygen atoms in total. The molecule has 0 atom stereocenters. The number of esters is 2. The monoisotopic (exact) mass is 502 g/mol. The molecule has 0 aliphatic rings. The Hall–Kier alpha value is -3.93. The van der Waals surface area contributed by atoms with E-state index in [1.165, 1.54) is 75.3 Å². The van der Waals surface area contributed by atoms with Crippen LogP contribution in [-0.2, 0) is 0 Å². The number of carbonyl (C=O) groups excluding carboxylic acids is 3. The van der Waals surface area contributed by atoms with Crippen LogP contribution in [0.2, 0.25) is 0 Å². The van der Waals surface area contributed by atoms with Gasteiger partial charge in [0, 0.05) is 5.56 Å². The highest BCUT2D eigenvalue weighted by Gasteiger charge is 2.12. The maximum Gasteiger partial charge on any atom is 0.343 e. The predicted octanol–water partition coefficient (Wildman–Crippen LogP) is 7.46. The highest BCUT2D eigenvalue weighted by Crippen LogP contribution is 2.19. The van der Waals surface area contributed by atoms with Crippen LogP contribution in [0.15, 0.2) is 72.8 Å². The number of rotatable bonds is 15. The van der Waals surface area contributed by atoms with E-state index in [4.69, 9.17) is 14.2 Å². The van der Waals surface area contributed by atoms with E-state index < -0.39 is 11.9 Å². The average Bonchev–Trinajstić information content (AvgIpc) is 2.93. The number of hydrogen-bond acceptors (Lipinski definition) is 6. The van der Waals surface area contributed by atoms with Gasteiger partial charge < -0.3 is 14.2 Å². The Morgan fingerprint density at radius 3 is 1.78 bits per heavy atom. The normalized spacial score (nSPS) is 10.5. The van der Waals surface area contributed by atoms with E-state index in [2.05, 4.69) is 6.92 Å². The molecule has 0 radical (unpaired) electrons. The molecule has 0 saturated carbocycles. The smallest absolute Gasteiger partial charge is 0.343 e. The first kappa shape index (κ1) is 27.7. The SMILES string of the molecule is CCCCCCCCCCOc1ccc(C(=O)Oc2ccc(C(=O)Oc3cccc(C=O)c3)cc2)cc1. The molecule has 3 aromatic carbocycles. The van der Waals surface area contributed by atoms with Gasteiger partial charge in [0.1, 0.15) is 23.5 Å². The van der Waals surface area contributed by atoms with Crippen LogP contribution in [0, 0.1) is 0 Å². The van der Waals surface area contributed by atoms with E-state index in [-0.39, 0.29) is 11.3 Å². The summed E-state index contributed by atoms with van der Waals surface area (Å²) in [4.78, 5) is 35.7. The molecule has 0 bridgehead atoms. The van der Waals surface area contributed by atoms with Crippen molar-refractivity contribution in [2.24, 2.45) is 0 Å². The Bertz CT molecular complexity index is 1140. The van der Waals surface area contributed by atoms with Gasteiger partial charge in [0.25, 0.3) is 0 Å². The van der Waals surface area contributed by atoms with Gasteiger partial charge in [0.2, 0.25) is 0 Å². The summed E-state index contributed by atoms with van der Waals surface area (Å²) >= 11 is 0. The third-order valence-corrected chi connectivity index (χ3v) is 5.86. The van der Waals surface area contributed by atoms with Crippen molar-refractivity contribution in [1.82, 2.24) is 0 Å². The Kier molecular flexibility index (Phi) is 11.4. The number of carbonyl (C=O) groups is 3. The second-order valence-corrected chi connectivity index (χ2v) is 8.84. The summed E-state index contributed by atoms with van der Waals surface area (Å²) in [5.74, 6) is 0.218. The number of benzene rings is 3. The van der Waals surface area contributed by atoms with Gasteiger partial charge in [0.15, 0.2) is 0 Å². The standard InChI is InChI=1S/C31H34O6/c1-2-3-4-5-6-7-8-9-21-35-27-17-13-25(14-18-27)30(33)36-28-19-15-26(16-20-28)31(34)37-29-12-10-11-24(22-29)23-32/h10-20,22-23H,2-9,21H2,1H3. The third-order valence-electron chi connectivity index (χ3n) is 5.86. The maximum atomic E-state index is 12.5. The van der Waals surface area contributed by atoms with E-state index >= 15 is 0 Å². The van der Waals surface area contributed by atoms with Crippen LogP contribution < -0.4 is 14.2 Å². The molecule has 0 aliphatic carbocycles. The van der Waals surface area contributed by atoms with Gasteiger partial charge >= 0.3 is 11.9 Å². The molecular formula is C31H34O6. The lowest BCUT2D eigenvalue weighted by atomic mass is 10.1. The first-order valence-corrected chi connectivity index (χ1v) is 12.9. The highest BCUT2D eigenvalue weighted by molar-refractivity contribution is 5.93. The molecule has 0 aliphatic heterocycles. The summed E-state index contributed by atoms with van der Waals surface area (Å²) < 4.78 is 16.5. The topological polar surface area (TPSA) is 78.9 Å². The van der Waals surface area contributed by atoms with Gasteiger partial charge in [-0.05, 0) is 67.1 Å². The molecule has 37 heavy (non-hydrogen) atoms. The fraction of sp³-hybridized carbons (Fsp3) is 0.323. The summed E-state index contributed by atoms with van der Waals surface area (Å²) in [5, 5.41) is 0. The molecule has 6 heteroatoms. The Morgan fingerprint density at radius 2 is 1.19 bits per heavy atom. The molecular weight excluding hydrogens is 468 g/mol. The van der Waals surface area contributed by atoms with Crippen molar-refractivity contribution < 1.29 is 28.6 Å². The van der Waals surface area contributed by atoms with Crippen LogP contribution in [0.4, 0.5) is 0 Å². The minimum atomic E-state index is -0.580. The number of ether oxygens (including phenoxy) is 3. The molecule has 0 heterocycles. The summed E-state index contributed by atoms with van der Waals surface area (Å²) in [6.45, 7) is 2.89. The maximum absolute atomic E-state index is 12.5.